The van der Waals surface area contributed by atoms with Gasteiger partial charge in [-0.05, 0) is 48.1 Å². The highest BCUT2D eigenvalue weighted by molar-refractivity contribution is 6.29. The number of hydrogen-bond donors (Lipinski definition) is 0. The molecule has 1 fully saturated rings. The van der Waals surface area contributed by atoms with E-state index in [1.54, 1.807) is 41.2 Å². The van der Waals surface area contributed by atoms with Gasteiger partial charge >= 0.3 is 6.18 Å². The molecule has 0 N–H and O–H groups in total. The Morgan fingerprint density at radius 3 is 2.74 bits per heavy atom. The number of imidazole rings is 1. The van der Waals surface area contributed by atoms with Gasteiger partial charge < -0.3 is 0 Å². The minimum atomic E-state index is -4.46. The van der Waals surface area contributed by atoms with Gasteiger partial charge in [0.2, 0.25) is 0 Å². The molecule has 136 valence electrons. The van der Waals surface area contributed by atoms with Crippen molar-refractivity contribution in [2.75, 3.05) is 0 Å². The molecule has 0 aliphatic heterocycles. The quantitative estimate of drug-likeness (QED) is 0.473. The second-order valence-corrected chi connectivity index (χ2v) is 7.10. The average molecular weight is 389 g/mol. The highest BCUT2D eigenvalue weighted by Gasteiger charge is 2.43. The molecule has 8 heteroatoms. The average Bonchev–Trinajstić information content (AvgIpc) is 3.29. The van der Waals surface area contributed by atoms with Crippen LogP contribution >= 0.6 is 11.6 Å². The number of benzene rings is 1. The van der Waals surface area contributed by atoms with Gasteiger partial charge in [0.25, 0.3) is 0 Å². The Labute approximate surface area is 156 Å². The molecule has 3 aromatic heterocycles. The molecular formula is C19H12ClF3N4. The van der Waals surface area contributed by atoms with Crippen molar-refractivity contribution in [3.05, 3.63) is 70.8 Å². The Bertz CT molecular complexity index is 1180. The maximum Gasteiger partial charge on any atom is 0.418 e. The van der Waals surface area contributed by atoms with Crippen LogP contribution in [0.1, 0.15) is 34.9 Å². The zero-order chi connectivity index (χ0) is 18.8. The molecule has 1 aliphatic carbocycles. The van der Waals surface area contributed by atoms with Gasteiger partial charge in [-0.25, -0.2) is 9.50 Å². The summed E-state index contributed by atoms with van der Waals surface area (Å²) < 4.78 is 42.2. The fourth-order valence-electron chi connectivity index (χ4n) is 3.73. The van der Waals surface area contributed by atoms with Gasteiger partial charge in [0, 0.05) is 29.5 Å². The number of halogens is 4. The highest BCUT2D eigenvalue weighted by Crippen LogP contribution is 2.56. The molecule has 1 aliphatic rings. The first-order valence-corrected chi connectivity index (χ1v) is 8.75. The predicted octanol–water partition coefficient (Wildman–Crippen LogP) is 5.22. The van der Waals surface area contributed by atoms with Crippen molar-refractivity contribution in [2.24, 2.45) is 0 Å². The van der Waals surface area contributed by atoms with Crippen LogP contribution in [0, 0.1) is 0 Å². The molecule has 1 unspecified atom stereocenters. The van der Waals surface area contributed by atoms with Crippen LogP contribution in [0.15, 0.2) is 48.9 Å². The summed E-state index contributed by atoms with van der Waals surface area (Å²) in [6, 6.07) is 8.09. The fraction of sp³-hybridized carbons (Fsp3) is 0.211. The first kappa shape index (κ1) is 16.5. The number of aromatic nitrogens is 4. The predicted molar refractivity (Wildman–Crippen MR) is 94.8 cm³/mol. The van der Waals surface area contributed by atoms with Crippen molar-refractivity contribution < 1.29 is 13.2 Å². The molecule has 1 saturated carbocycles. The summed E-state index contributed by atoms with van der Waals surface area (Å²) in [5.74, 6) is 0.0419. The Morgan fingerprint density at radius 2 is 1.93 bits per heavy atom. The maximum absolute atomic E-state index is 13.5. The topological polar surface area (TPSA) is 43.1 Å². The summed E-state index contributed by atoms with van der Waals surface area (Å²) in [4.78, 5) is 8.24. The highest BCUT2D eigenvalue weighted by atomic mass is 35.5. The van der Waals surface area contributed by atoms with Crippen LogP contribution < -0.4 is 0 Å². The molecule has 4 aromatic rings. The van der Waals surface area contributed by atoms with E-state index in [1.807, 2.05) is 0 Å². The molecule has 27 heavy (non-hydrogen) atoms. The van der Waals surface area contributed by atoms with Crippen molar-refractivity contribution in [1.29, 1.82) is 0 Å². The lowest BCUT2D eigenvalue weighted by molar-refractivity contribution is -0.136. The Hall–Kier alpha value is -2.67. The molecule has 2 atom stereocenters. The molecule has 0 radical (unpaired) electrons. The van der Waals surface area contributed by atoms with Crippen molar-refractivity contribution in [3.63, 3.8) is 0 Å². The van der Waals surface area contributed by atoms with E-state index in [-0.39, 0.29) is 17.4 Å². The molecule has 0 saturated heterocycles. The second kappa shape index (κ2) is 5.66. The van der Waals surface area contributed by atoms with Crippen molar-refractivity contribution in [2.45, 2.75) is 24.4 Å². The summed E-state index contributed by atoms with van der Waals surface area (Å²) in [6.45, 7) is 0. The number of hydrogen-bond acceptors (Lipinski definition) is 3. The number of nitrogens with zero attached hydrogens (tertiary/aromatic N) is 4. The SMILES string of the molecule is FC(F)(F)c1cc([C@H]2CC2c2cc(Cl)nn3ccnc23)cc2cccnc12. The first-order chi connectivity index (χ1) is 12.9. The van der Waals surface area contributed by atoms with Gasteiger partial charge in [0.15, 0.2) is 5.65 Å². The number of fused-ring (bicyclic) bond motifs is 2. The lowest BCUT2D eigenvalue weighted by Gasteiger charge is -2.12. The smallest absolute Gasteiger partial charge is 0.256 e. The second-order valence-electron chi connectivity index (χ2n) is 6.71. The molecule has 4 nitrogen and oxygen atoms in total. The number of pyridine rings is 1. The van der Waals surface area contributed by atoms with Gasteiger partial charge in [0.05, 0.1) is 11.1 Å². The van der Waals surface area contributed by atoms with Crippen LogP contribution in [-0.2, 0) is 6.18 Å². The maximum atomic E-state index is 13.5. The summed E-state index contributed by atoms with van der Waals surface area (Å²) in [5, 5.41) is 4.98. The van der Waals surface area contributed by atoms with E-state index in [0.29, 0.717) is 21.7 Å². The number of rotatable bonds is 2. The molecule has 5 rings (SSSR count). The summed E-state index contributed by atoms with van der Waals surface area (Å²) in [6.07, 6.45) is 0.995. The van der Waals surface area contributed by atoms with Gasteiger partial charge in [-0.2, -0.15) is 18.3 Å². The molecule has 0 spiro atoms. The van der Waals surface area contributed by atoms with Crippen molar-refractivity contribution in [3.8, 4) is 0 Å². The van der Waals surface area contributed by atoms with Gasteiger partial charge in [-0.1, -0.05) is 17.7 Å². The van der Waals surface area contributed by atoms with E-state index in [2.05, 4.69) is 15.1 Å². The monoisotopic (exact) mass is 388 g/mol. The van der Waals surface area contributed by atoms with Crippen LogP contribution in [0.4, 0.5) is 13.2 Å². The standard InChI is InChI=1S/C19H12ClF3N4/c20-16-9-14(18-25-4-5-27(18)26-16)13-8-12(13)11-6-10-2-1-3-24-17(10)15(7-11)19(21,22)23/h1-7,9,12-13H,8H2/t12-,13?/m1/s1. The summed E-state index contributed by atoms with van der Waals surface area (Å²) >= 11 is 6.09. The van der Waals surface area contributed by atoms with Crippen LogP contribution in [0.5, 0.6) is 0 Å². The lowest BCUT2D eigenvalue weighted by atomic mass is 9.99. The minimum Gasteiger partial charge on any atom is -0.256 e. The molecular weight excluding hydrogens is 377 g/mol. The van der Waals surface area contributed by atoms with Gasteiger partial charge in [0.1, 0.15) is 5.15 Å². The molecule has 0 amide bonds. The summed E-state index contributed by atoms with van der Waals surface area (Å²) in [5.41, 5.74) is 1.54. The largest absolute Gasteiger partial charge is 0.418 e. The summed E-state index contributed by atoms with van der Waals surface area (Å²) in [7, 11) is 0. The Balaban J connectivity index is 1.60. The third-order valence-corrected chi connectivity index (χ3v) is 5.19. The Morgan fingerprint density at radius 1 is 1.07 bits per heavy atom. The normalized spacial score (nSPS) is 19.7. The minimum absolute atomic E-state index is 0.0188. The van der Waals surface area contributed by atoms with E-state index in [4.69, 9.17) is 11.6 Å². The fourth-order valence-corrected chi connectivity index (χ4v) is 3.93. The van der Waals surface area contributed by atoms with E-state index in [1.165, 1.54) is 12.3 Å². The molecule has 3 heterocycles. The van der Waals surface area contributed by atoms with Crippen molar-refractivity contribution in [1.82, 2.24) is 19.6 Å². The van der Waals surface area contributed by atoms with Crippen LogP contribution in [0.25, 0.3) is 16.6 Å². The lowest BCUT2D eigenvalue weighted by Crippen LogP contribution is -2.07. The molecule has 0 bridgehead atoms. The van der Waals surface area contributed by atoms with Gasteiger partial charge in [-0.15, -0.1) is 0 Å². The third kappa shape index (κ3) is 2.73. The van der Waals surface area contributed by atoms with Gasteiger partial charge in [-0.3, -0.25) is 4.98 Å². The zero-order valence-corrected chi connectivity index (χ0v) is 14.5. The van der Waals surface area contributed by atoms with Crippen molar-refractivity contribution >= 4 is 28.2 Å². The first-order valence-electron chi connectivity index (χ1n) is 8.37. The van der Waals surface area contributed by atoms with Crippen LogP contribution in [-0.4, -0.2) is 19.6 Å². The van der Waals surface area contributed by atoms with E-state index in [9.17, 15) is 13.2 Å². The zero-order valence-electron chi connectivity index (χ0n) is 13.8. The third-order valence-electron chi connectivity index (χ3n) is 5.01. The number of alkyl halides is 3. The van der Waals surface area contributed by atoms with Crippen LogP contribution in [0.2, 0.25) is 5.15 Å². The van der Waals surface area contributed by atoms with E-state index < -0.39 is 11.7 Å². The molecule has 1 aromatic carbocycles. The van der Waals surface area contributed by atoms with E-state index >= 15 is 0 Å². The van der Waals surface area contributed by atoms with Crippen LogP contribution in [0.3, 0.4) is 0 Å². The van der Waals surface area contributed by atoms with E-state index in [0.717, 1.165) is 12.0 Å². The Kier molecular flexibility index (Phi) is 3.46.